The van der Waals surface area contributed by atoms with Gasteiger partial charge in [0.1, 0.15) is 11.5 Å². The molecule has 0 atom stereocenters. The molecule has 0 aliphatic carbocycles. The molecule has 1 N–H and O–H groups in total. The number of amides is 2. The molecule has 2 amide bonds. The monoisotopic (exact) mass is 421 g/mol. The number of unbranched alkanes of at least 4 members (excludes halogenated alkanes) is 6. The van der Waals surface area contributed by atoms with Gasteiger partial charge >= 0.3 is 0 Å². The molecule has 0 fully saturated rings. The van der Waals surface area contributed by atoms with Crippen LogP contribution in [0.3, 0.4) is 0 Å². The van der Waals surface area contributed by atoms with Gasteiger partial charge in [0.2, 0.25) is 5.91 Å². The van der Waals surface area contributed by atoms with E-state index in [4.69, 9.17) is 4.74 Å². The molecule has 5 heteroatoms. The number of para-hydroxylation sites is 1. The highest BCUT2D eigenvalue weighted by molar-refractivity contribution is 6.42. The van der Waals surface area contributed by atoms with Crippen LogP contribution in [-0.4, -0.2) is 24.0 Å². The second-order valence-electron chi connectivity index (χ2n) is 7.87. The van der Waals surface area contributed by atoms with Crippen molar-refractivity contribution >= 4 is 28.8 Å². The number of ether oxygens (including phenoxy) is 1. The number of hydrogen-bond acceptors (Lipinski definition) is 4. The van der Waals surface area contributed by atoms with Crippen molar-refractivity contribution in [2.24, 2.45) is 0 Å². The van der Waals surface area contributed by atoms with Gasteiger partial charge in [0, 0.05) is 17.5 Å². The van der Waals surface area contributed by atoms with E-state index >= 15 is 0 Å². The van der Waals surface area contributed by atoms with Gasteiger partial charge in [0.15, 0.2) is 0 Å². The highest BCUT2D eigenvalue weighted by Gasteiger charge is 2.38. The lowest BCUT2D eigenvalue weighted by Crippen LogP contribution is -2.33. The van der Waals surface area contributed by atoms with Crippen LogP contribution < -0.4 is 9.64 Å². The smallest absolute Gasteiger partial charge is 0.269 e. The summed E-state index contributed by atoms with van der Waals surface area (Å²) in [7, 11) is 1.57. The summed E-state index contributed by atoms with van der Waals surface area (Å²) < 4.78 is 5.16. The zero-order chi connectivity index (χ0) is 22.2. The van der Waals surface area contributed by atoms with Crippen molar-refractivity contribution in [2.45, 2.75) is 58.3 Å². The minimum absolute atomic E-state index is 0.133. The molecule has 1 aliphatic heterocycles. The average molecular weight is 422 g/mol. The summed E-state index contributed by atoms with van der Waals surface area (Å²) in [5.74, 6) is -0.163. The molecule has 0 radical (unpaired) electrons. The minimum atomic E-state index is -0.470. The first-order chi connectivity index (χ1) is 15.1. The number of benzene rings is 2. The Hall–Kier alpha value is -3.08. The fourth-order valence-corrected chi connectivity index (χ4v) is 3.93. The Morgan fingerprint density at radius 3 is 2.26 bits per heavy atom. The van der Waals surface area contributed by atoms with Crippen LogP contribution >= 0.6 is 0 Å². The number of anilines is 1. The van der Waals surface area contributed by atoms with Gasteiger partial charge in [-0.25, -0.2) is 4.90 Å². The van der Waals surface area contributed by atoms with E-state index in [-0.39, 0.29) is 17.2 Å². The van der Waals surface area contributed by atoms with Crippen LogP contribution in [0.1, 0.15) is 69.4 Å². The molecular weight excluding hydrogens is 390 g/mol. The Balaban J connectivity index is 1.76. The van der Waals surface area contributed by atoms with Crippen LogP contribution in [0.5, 0.6) is 5.75 Å². The van der Waals surface area contributed by atoms with Crippen molar-refractivity contribution in [3.05, 3.63) is 59.7 Å². The number of nitrogens with zero attached hydrogens (tertiary/aromatic N) is 1. The molecular formula is C26H31NO4. The largest absolute Gasteiger partial charge is 0.506 e. The SMILES string of the molecule is CCCCCCCCCC(=O)N1C(=O)C(=C(O)c2ccc(OC)cc2)c2ccccc21. The first kappa shape index (κ1) is 22.6. The number of aliphatic hydroxyl groups is 1. The molecule has 2 aromatic carbocycles. The Morgan fingerprint density at radius 2 is 1.58 bits per heavy atom. The van der Waals surface area contributed by atoms with E-state index in [0.29, 0.717) is 29.0 Å². The van der Waals surface area contributed by atoms with Crippen molar-refractivity contribution in [2.75, 3.05) is 12.0 Å². The van der Waals surface area contributed by atoms with Gasteiger partial charge < -0.3 is 9.84 Å². The molecule has 3 rings (SSSR count). The molecule has 164 valence electrons. The maximum absolute atomic E-state index is 13.2. The Kier molecular flexibility index (Phi) is 7.88. The van der Waals surface area contributed by atoms with E-state index < -0.39 is 5.91 Å². The summed E-state index contributed by atoms with van der Waals surface area (Å²) in [6, 6.07) is 14.0. The zero-order valence-electron chi connectivity index (χ0n) is 18.4. The number of imide groups is 1. The van der Waals surface area contributed by atoms with E-state index in [9.17, 15) is 14.7 Å². The number of carbonyl (C=O) groups excluding carboxylic acids is 2. The van der Waals surface area contributed by atoms with Crippen molar-refractivity contribution < 1.29 is 19.4 Å². The van der Waals surface area contributed by atoms with Crippen LogP contribution in [0.4, 0.5) is 5.69 Å². The summed E-state index contributed by atoms with van der Waals surface area (Å²) in [6.07, 6.45) is 8.08. The second-order valence-corrected chi connectivity index (χ2v) is 7.87. The highest BCUT2D eigenvalue weighted by Crippen LogP contribution is 2.40. The molecule has 0 aromatic heterocycles. The molecule has 0 saturated carbocycles. The first-order valence-electron chi connectivity index (χ1n) is 11.1. The number of methoxy groups -OCH3 is 1. The lowest BCUT2D eigenvalue weighted by molar-refractivity contribution is -0.123. The molecule has 5 nitrogen and oxygen atoms in total. The van der Waals surface area contributed by atoms with Crippen molar-refractivity contribution in [3.8, 4) is 5.75 Å². The molecule has 0 unspecified atom stereocenters. The molecule has 0 saturated heterocycles. The van der Waals surface area contributed by atoms with Crippen LogP contribution in [0.25, 0.3) is 11.3 Å². The molecule has 1 heterocycles. The lowest BCUT2D eigenvalue weighted by atomic mass is 10.0. The third kappa shape index (κ3) is 5.16. The number of rotatable bonds is 10. The van der Waals surface area contributed by atoms with Crippen LogP contribution in [0, 0.1) is 0 Å². The van der Waals surface area contributed by atoms with Gasteiger partial charge in [-0.15, -0.1) is 0 Å². The normalized spacial score (nSPS) is 14.5. The third-order valence-corrected chi connectivity index (χ3v) is 5.68. The maximum Gasteiger partial charge on any atom is 0.269 e. The van der Waals surface area contributed by atoms with Gasteiger partial charge in [-0.2, -0.15) is 0 Å². The predicted octanol–water partition coefficient (Wildman–Crippen LogP) is 6.14. The molecule has 2 aromatic rings. The lowest BCUT2D eigenvalue weighted by Gasteiger charge is -2.15. The summed E-state index contributed by atoms with van der Waals surface area (Å²) in [6.45, 7) is 2.19. The fraction of sp³-hybridized carbons (Fsp3) is 0.385. The number of fused-ring (bicyclic) bond motifs is 1. The standard InChI is InChI=1S/C26H31NO4/c1-3-4-5-6-7-8-9-14-23(28)27-22-13-11-10-12-21(22)24(26(27)30)25(29)19-15-17-20(31-2)18-16-19/h10-13,15-18,29H,3-9,14H2,1-2H3. The van der Waals surface area contributed by atoms with Gasteiger partial charge in [0.25, 0.3) is 5.91 Å². The Labute approximate surface area is 184 Å². The second kappa shape index (κ2) is 10.8. The van der Waals surface area contributed by atoms with Gasteiger partial charge in [-0.1, -0.05) is 63.6 Å². The zero-order valence-corrected chi connectivity index (χ0v) is 18.4. The highest BCUT2D eigenvalue weighted by atomic mass is 16.5. The average Bonchev–Trinajstić information content (AvgIpc) is 3.09. The summed E-state index contributed by atoms with van der Waals surface area (Å²) in [5, 5.41) is 10.9. The Morgan fingerprint density at radius 1 is 0.935 bits per heavy atom. The van der Waals surface area contributed by atoms with E-state index in [0.717, 1.165) is 19.3 Å². The van der Waals surface area contributed by atoms with E-state index in [2.05, 4.69) is 6.92 Å². The number of carbonyl (C=O) groups is 2. The van der Waals surface area contributed by atoms with Gasteiger partial charge in [-0.3, -0.25) is 9.59 Å². The van der Waals surface area contributed by atoms with Crippen LogP contribution in [0.15, 0.2) is 48.5 Å². The fourth-order valence-electron chi connectivity index (χ4n) is 3.93. The van der Waals surface area contributed by atoms with Crippen molar-refractivity contribution in [1.82, 2.24) is 0 Å². The van der Waals surface area contributed by atoms with Crippen molar-refractivity contribution in [3.63, 3.8) is 0 Å². The molecule has 1 aliphatic rings. The van der Waals surface area contributed by atoms with Crippen LogP contribution in [0.2, 0.25) is 0 Å². The summed E-state index contributed by atoms with van der Waals surface area (Å²) in [5.41, 5.74) is 1.78. The van der Waals surface area contributed by atoms with E-state index in [1.165, 1.54) is 30.6 Å². The molecule has 31 heavy (non-hydrogen) atoms. The van der Waals surface area contributed by atoms with Crippen molar-refractivity contribution in [1.29, 1.82) is 0 Å². The molecule has 0 spiro atoms. The summed E-state index contributed by atoms with van der Waals surface area (Å²) in [4.78, 5) is 27.4. The van der Waals surface area contributed by atoms with Gasteiger partial charge in [0.05, 0.1) is 18.4 Å². The minimum Gasteiger partial charge on any atom is -0.506 e. The quantitative estimate of drug-likeness (QED) is 0.284. The third-order valence-electron chi connectivity index (χ3n) is 5.68. The first-order valence-corrected chi connectivity index (χ1v) is 11.1. The Bertz CT molecular complexity index is 946. The molecule has 0 bridgehead atoms. The van der Waals surface area contributed by atoms with Crippen LogP contribution in [-0.2, 0) is 9.59 Å². The number of aliphatic hydroxyl groups excluding tert-OH is 1. The van der Waals surface area contributed by atoms with E-state index in [1.807, 2.05) is 0 Å². The van der Waals surface area contributed by atoms with Gasteiger partial charge in [-0.05, 0) is 36.8 Å². The maximum atomic E-state index is 13.2. The number of hydrogen-bond donors (Lipinski definition) is 1. The predicted molar refractivity (Wildman–Crippen MR) is 124 cm³/mol. The summed E-state index contributed by atoms with van der Waals surface area (Å²) >= 11 is 0. The topological polar surface area (TPSA) is 66.8 Å². The van der Waals surface area contributed by atoms with E-state index in [1.54, 1.807) is 55.6 Å².